The van der Waals surface area contributed by atoms with Crippen molar-refractivity contribution in [2.45, 2.75) is 45.4 Å². The molecule has 0 N–H and O–H groups in total. The summed E-state index contributed by atoms with van der Waals surface area (Å²) in [6.07, 6.45) is 4.99. The summed E-state index contributed by atoms with van der Waals surface area (Å²) in [6.45, 7) is 4.50. The highest BCUT2D eigenvalue weighted by Crippen LogP contribution is 2.32. The molecule has 0 aliphatic heterocycles. The molecule has 0 unspecified atom stereocenters. The molecule has 0 radical (unpaired) electrons. The number of rotatable bonds is 6. The molecule has 1 aromatic carbocycles. The first kappa shape index (κ1) is 12.1. The predicted octanol–water partition coefficient (Wildman–Crippen LogP) is 4.38. The van der Waals surface area contributed by atoms with E-state index in [1.54, 1.807) is 7.11 Å². The first-order chi connectivity index (χ1) is 7.33. The van der Waals surface area contributed by atoms with Crippen molar-refractivity contribution in [3.63, 3.8) is 0 Å². The van der Waals surface area contributed by atoms with Crippen molar-refractivity contribution in [2.75, 3.05) is 7.11 Å². The first-order valence-corrected chi connectivity index (χ1v) is 5.96. The summed E-state index contributed by atoms with van der Waals surface area (Å²) in [5.41, 5.74) is 1.38. The van der Waals surface area contributed by atoms with Crippen LogP contribution in [0.4, 0.5) is 0 Å². The van der Waals surface area contributed by atoms with E-state index in [0.717, 1.165) is 5.75 Å². The summed E-state index contributed by atoms with van der Waals surface area (Å²) >= 11 is 0. The Labute approximate surface area is 93.5 Å². The van der Waals surface area contributed by atoms with Crippen molar-refractivity contribution in [1.29, 1.82) is 0 Å². The molecule has 0 saturated heterocycles. The van der Waals surface area contributed by atoms with Crippen LogP contribution in [0.25, 0.3) is 0 Å². The Kier molecular flexibility index (Phi) is 5.23. The lowest BCUT2D eigenvalue weighted by Crippen LogP contribution is -2.01. The van der Waals surface area contributed by atoms with E-state index in [4.69, 9.17) is 4.74 Å². The van der Waals surface area contributed by atoms with Gasteiger partial charge in [0.2, 0.25) is 0 Å². The lowest BCUT2D eigenvalue weighted by atomic mass is 9.90. The molecule has 0 heterocycles. The van der Waals surface area contributed by atoms with Gasteiger partial charge in [-0.05, 0) is 30.4 Å². The highest BCUT2D eigenvalue weighted by atomic mass is 16.5. The van der Waals surface area contributed by atoms with Crippen LogP contribution in [-0.2, 0) is 0 Å². The van der Waals surface area contributed by atoms with Gasteiger partial charge in [-0.25, -0.2) is 0 Å². The molecule has 0 saturated carbocycles. The maximum atomic E-state index is 5.42. The van der Waals surface area contributed by atoms with E-state index in [1.807, 2.05) is 6.07 Å². The van der Waals surface area contributed by atoms with Crippen LogP contribution in [0.1, 0.15) is 51.0 Å². The van der Waals surface area contributed by atoms with E-state index in [0.29, 0.717) is 5.92 Å². The van der Waals surface area contributed by atoms with Gasteiger partial charge in [-0.2, -0.15) is 0 Å². The fourth-order valence-electron chi connectivity index (χ4n) is 2.16. The molecule has 1 aromatic rings. The maximum absolute atomic E-state index is 5.42. The van der Waals surface area contributed by atoms with Crippen molar-refractivity contribution < 1.29 is 4.74 Å². The minimum absolute atomic E-state index is 0.663. The standard InChI is InChI=1S/C14H22O/c1-4-8-12(9-5-2)13-10-6-7-11-14(13)15-3/h6-7,10-12H,4-5,8-9H2,1-3H3. The average Bonchev–Trinajstić information content (AvgIpc) is 2.29. The number of hydrogen-bond acceptors (Lipinski definition) is 1. The molecule has 1 nitrogen and oxygen atoms in total. The Morgan fingerprint density at radius 3 is 2.20 bits per heavy atom. The van der Waals surface area contributed by atoms with Crippen LogP contribution >= 0.6 is 0 Å². The fraction of sp³-hybridized carbons (Fsp3) is 0.571. The van der Waals surface area contributed by atoms with E-state index in [1.165, 1.54) is 31.2 Å². The van der Waals surface area contributed by atoms with Gasteiger partial charge < -0.3 is 4.74 Å². The average molecular weight is 206 g/mol. The van der Waals surface area contributed by atoms with Crippen LogP contribution in [-0.4, -0.2) is 7.11 Å². The molecular formula is C14H22O. The molecule has 0 aliphatic rings. The molecule has 0 spiro atoms. The van der Waals surface area contributed by atoms with Crippen molar-refractivity contribution in [1.82, 2.24) is 0 Å². The number of para-hydroxylation sites is 1. The van der Waals surface area contributed by atoms with Gasteiger partial charge in [0.05, 0.1) is 7.11 Å². The van der Waals surface area contributed by atoms with Crippen molar-refractivity contribution in [3.05, 3.63) is 29.8 Å². The molecule has 0 aliphatic carbocycles. The third-order valence-electron chi connectivity index (χ3n) is 2.85. The summed E-state index contributed by atoms with van der Waals surface area (Å²) in [4.78, 5) is 0. The van der Waals surface area contributed by atoms with Crippen LogP contribution in [0.15, 0.2) is 24.3 Å². The lowest BCUT2D eigenvalue weighted by Gasteiger charge is -2.18. The van der Waals surface area contributed by atoms with Gasteiger partial charge in [0.25, 0.3) is 0 Å². The van der Waals surface area contributed by atoms with E-state index in [2.05, 4.69) is 32.0 Å². The zero-order chi connectivity index (χ0) is 11.1. The van der Waals surface area contributed by atoms with Gasteiger partial charge in [-0.15, -0.1) is 0 Å². The highest BCUT2D eigenvalue weighted by Gasteiger charge is 2.13. The normalized spacial score (nSPS) is 10.7. The van der Waals surface area contributed by atoms with Crippen LogP contribution < -0.4 is 4.74 Å². The van der Waals surface area contributed by atoms with Crippen molar-refractivity contribution >= 4 is 0 Å². The van der Waals surface area contributed by atoms with Gasteiger partial charge >= 0.3 is 0 Å². The quantitative estimate of drug-likeness (QED) is 0.671. The Morgan fingerprint density at radius 2 is 1.67 bits per heavy atom. The largest absolute Gasteiger partial charge is 0.496 e. The molecule has 15 heavy (non-hydrogen) atoms. The van der Waals surface area contributed by atoms with E-state index < -0.39 is 0 Å². The second-order valence-electron chi connectivity index (χ2n) is 4.02. The summed E-state index contributed by atoms with van der Waals surface area (Å²) in [5.74, 6) is 1.71. The van der Waals surface area contributed by atoms with Gasteiger partial charge in [0.1, 0.15) is 5.75 Å². The zero-order valence-electron chi connectivity index (χ0n) is 10.1. The van der Waals surface area contributed by atoms with Crippen molar-refractivity contribution in [3.8, 4) is 5.75 Å². The van der Waals surface area contributed by atoms with Crippen molar-refractivity contribution in [2.24, 2.45) is 0 Å². The van der Waals surface area contributed by atoms with E-state index >= 15 is 0 Å². The summed E-state index contributed by atoms with van der Waals surface area (Å²) in [5, 5.41) is 0. The molecule has 0 aromatic heterocycles. The Bertz CT molecular complexity index is 274. The third kappa shape index (κ3) is 3.26. The first-order valence-electron chi connectivity index (χ1n) is 5.96. The number of benzene rings is 1. The maximum Gasteiger partial charge on any atom is 0.122 e. The van der Waals surface area contributed by atoms with E-state index in [-0.39, 0.29) is 0 Å². The predicted molar refractivity (Wildman–Crippen MR) is 65.6 cm³/mol. The summed E-state index contributed by atoms with van der Waals surface area (Å²) < 4.78 is 5.42. The summed E-state index contributed by atoms with van der Waals surface area (Å²) in [7, 11) is 1.76. The molecule has 0 atom stereocenters. The zero-order valence-corrected chi connectivity index (χ0v) is 10.1. The van der Waals surface area contributed by atoms with Gasteiger partial charge in [0.15, 0.2) is 0 Å². The summed E-state index contributed by atoms with van der Waals surface area (Å²) in [6, 6.07) is 8.41. The SMILES string of the molecule is CCCC(CCC)c1ccccc1OC. The van der Waals surface area contributed by atoms with Crippen LogP contribution in [0.2, 0.25) is 0 Å². The number of hydrogen-bond donors (Lipinski definition) is 0. The molecular weight excluding hydrogens is 184 g/mol. The second kappa shape index (κ2) is 6.49. The van der Waals surface area contributed by atoms with Crippen LogP contribution in [0.3, 0.4) is 0 Å². The molecule has 84 valence electrons. The lowest BCUT2D eigenvalue weighted by molar-refractivity contribution is 0.401. The van der Waals surface area contributed by atoms with Gasteiger partial charge in [-0.1, -0.05) is 44.9 Å². The van der Waals surface area contributed by atoms with Crippen LogP contribution in [0, 0.1) is 0 Å². The molecule has 0 bridgehead atoms. The Balaban J connectivity index is 2.88. The number of methoxy groups -OCH3 is 1. The highest BCUT2D eigenvalue weighted by molar-refractivity contribution is 5.36. The van der Waals surface area contributed by atoms with Gasteiger partial charge in [0, 0.05) is 0 Å². The molecule has 1 rings (SSSR count). The number of ether oxygens (including phenoxy) is 1. The molecule has 1 heteroatoms. The topological polar surface area (TPSA) is 9.23 Å². The third-order valence-corrected chi connectivity index (χ3v) is 2.85. The smallest absolute Gasteiger partial charge is 0.122 e. The van der Waals surface area contributed by atoms with Gasteiger partial charge in [-0.3, -0.25) is 0 Å². The van der Waals surface area contributed by atoms with Crippen LogP contribution in [0.5, 0.6) is 5.75 Å². The fourth-order valence-corrected chi connectivity index (χ4v) is 2.16. The van der Waals surface area contributed by atoms with E-state index in [9.17, 15) is 0 Å². The molecule has 0 fully saturated rings. The monoisotopic (exact) mass is 206 g/mol. The second-order valence-corrected chi connectivity index (χ2v) is 4.02. The minimum atomic E-state index is 0.663. The molecule has 0 amide bonds. The minimum Gasteiger partial charge on any atom is -0.496 e. The Morgan fingerprint density at radius 1 is 1.07 bits per heavy atom. The Hall–Kier alpha value is -0.980.